The molecular weight excluding hydrogens is 487 g/mol. The summed E-state index contributed by atoms with van der Waals surface area (Å²) in [6.07, 6.45) is 22.5. The van der Waals surface area contributed by atoms with Gasteiger partial charge in [0.1, 0.15) is 0 Å². The van der Waals surface area contributed by atoms with E-state index in [4.69, 9.17) is 0 Å². The first-order chi connectivity index (χ1) is 19.0. The van der Waals surface area contributed by atoms with Crippen molar-refractivity contribution < 1.29 is 14.3 Å². The molecule has 1 fully saturated rings. The molecular formula is C34H51FN2O2. The summed E-state index contributed by atoms with van der Waals surface area (Å²) in [5.74, 6) is -0.289. The number of hydrogen-bond acceptors (Lipinski definition) is 3. The largest absolute Gasteiger partial charge is 0.479 e. The van der Waals surface area contributed by atoms with E-state index in [0.717, 1.165) is 49.9 Å². The van der Waals surface area contributed by atoms with Gasteiger partial charge < -0.3 is 5.11 Å². The van der Waals surface area contributed by atoms with Crippen molar-refractivity contribution >= 4 is 5.97 Å². The average Bonchev–Trinajstić information content (AvgIpc) is 2.97. The Morgan fingerprint density at radius 3 is 2.00 bits per heavy atom. The number of alkyl halides is 1. The van der Waals surface area contributed by atoms with Crippen molar-refractivity contribution in [2.75, 3.05) is 0 Å². The van der Waals surface area contributed by atoms with Gasteiger partial charge in [0.2, 0.25) is 5.67 Å². The topological polar surface area (TPSA) is 63.1 Å². The van der Waals surface area contributed by atoms with Crippen molar-refractivity contribution in [2.24, 2.45) is 11.8 Å². The van der Waals surface area contributed by atoms with Crippen LogP contribution >= 0.6 is 0 Å². The molecule has 3 rings (SSSR count). The van der Waals surface area contributed by atoms with E-state index in [-0.39, 0.29) is 12.3 Å². The number of carbonyl (C=O) groups is 1. The van der Waals surface area contributed by atoms with Crippen LogP contribution in [0, 0.1) is 11.8 Å². The SMILES string of the molecule is CCCCCCCCCCc1cnc(-c2ccc(CCC3CCC([C@@](F)(CCCC)C(=O)O)CC3)cc2)nc1. The molecule has 1 N–H and O–H groups in total. The van der Waals surface area contributed by atoms with Gasteiger partial charge in [0.15, 0.2) is 5.82 Å². The molecule has 4 nitrogen and oxygen atoms in total. The van der Waals surface area contributed by atoms with E-state index in [2.05, 4.69) is 41.2 Å². The summed E-state index contributed by atoms with van der Waals surface area (Å²) >= 11 is 0. The van der Waals surface area contributed by atoms with E-state index in [0.29, 0.717) is 25.2 Å². The third-order valence-electron chi connectivity index (χ3n) is 8.82. The molecule has 1 aliphatic rings. The second-order valence-corrected chi connectivity index (χ2v) is 11.9. The molecule has 216 valence electrons. The van der Waals surface area contributed by atoms with Crippen LogP contribution in [0.4, 0.5) is 4.39 Å². The summed E-state index contributed by atoms with van der Waals surface area (Å²) in [5, 5.41) is 9.54. The van der Waals surface area contributed by atoms with Gasteiger partial charge in [-0.15, -0.1) is 0 Å². The Bertz CT molecular complexity index is 954. The molecule has 1 heterocycles. The zero-order valence-corrected chi connectivity index (χ0v) is 24.5. The van der Waals surface area contributed by atoms with Crippen LogP contribution in [0.15, 0.2) is 36.7 Å². The Morgan fingerprint density at radius 1 is 0.821 bits per heavy atom. The Labute approximate surface area is 236 Å². The molecule has 1 aromatic carbocycles. The molecule has 0 unspecified atom stereocenters. The normalized spacial score (nSPS) is 19.1. The number of benzene rings is 1. The van der Waals surface area contributed by atoms with Crippen molar-refractivity contribution in [1.29, 1.82) is 0 Å². The fourth-order valence-corrected chi connectivity index (χ4v) is 6.12. The molecule has 1 saturated carbocycles. The highest BCUT2D eigenvalue weighted by Crippen LogP contribution is 2.42. The number of aromatic nitrogens is 2. The summed E-state index contributed by atoms with van der Waals surface area (Å²) < 4.78 is 15.3. The first-order valence-corrected chi connectivity index (χ1v) is 15.8. The molecule has 5 heteroatoms. The highest BCUT2D eigenvalue weighted by molar-refractivity contribution is 5.77. The molecule has 39 heavy (non-hydrogen) atoms. The van der Waals surface area contributed by atoms with Gasteiger partial charge in [-0.25, -0.2) is 19.2 Å². The van der Waals surface area contributed by atoms with Crippen molar-refractivity contribution in [1.82, 2.24) is 9.97 Å². The van der Waals surface area contributed by atoms with Gasteiger partial charge in [0, 0.05) is 23.9 Å². The lowest BCUT2D eigenvalue weighted by Gasteiger charge is -2.36. The van der Waals surface area contributed by atoms with Crippen molar-refractivity contribution in [3.8, 4) is 11.4 Å². The third kappa shape index (κ3) is 9.99. The molecule has 0 bridgehead atoms. The highest BCUT2D eigenvalue weighted by Gasteiger charge is 2.46. The number of nitrogens with zero attached hydrogens (tertiary/aromatic N) is 2. The lowest BCUT2D eigenvalue weighted by atomic mass is 9.71. The van der Waals surface area contributed by atoms with Gasteiger partial charge in [0.05, 0.1) is 0 Å². The molecule has 0 spiro atoms. The minimum atomic E-state index is -2.05. The van der Waals surface area contributed by atoms with Crippen molar-refractivity contribution in [3.63, 3.8) is 0 Å². The maximum Gasteiger partial charge on any atom is 0.341 e. The number of halogens is 1. The van der Waals surface area contributed by atoms with Crippen LogP contribution in [0.2, 0.25) is 0 Å². The third-order valence-corrected chi connectivity index (χ3v) is 8.82. The van der Waals surface area contributed by atoms with Crippen LogP contribution in [-0.2, 0) is 17.6 Å². The van der Waals surface area contributed by atoms with Crippen molar-refractivity contribution in [2.45, 2.75) is 135 Å². The summed E-state index contributed by atoms with van der Waals surface area (Å²) in [7, 11) is 0. The fourth-order valence-electron chi connectivity index (χ4n) is 6.12. The average molecular weight is 539 g/mol. The zero-order valence-electron chi connectivity index (χ0n) is 24.5. The molecule has 0 amide bonds. The van der Waals surface area contributed by atoms with Gasteiger partial charge >= 0.3 is 5.97 Å². The number of unbranched alkanes of at least 4 members (excludes halogenated alkanes) is 8. The Morgan fingerprint density at radius 2 is 1.41 bits per heavy atom. The van der Waals surface area contributed by atoms with E-state index < -0.39 is 11.6 Å². The first kappa shape index (κ1) is 31.2. The lowest BCUT2D eigenvalue weighted by molar-refractivity contribution is -0.157. The van der Waals surface area contributed by atoms with Crippen LogP contribution in [0.5, 0.6) is 0 Å². The smallest absolute Gasteiger partial charge is 0.341 e. The Kier molecular flexibility index (Phi) is 13.4. The molecule has 1 atom stereocenters. The second kappa shape index (κ2) is 16.7. The van der Waals surface area contributed by atoms with Gasteiger partial charge in [-0.2, -0.15) is 0 Å². The lowest BCUT2D eigenvalue weighted by Crippen LogP contribution is -2.43. The quantitative estimate of drug-likeness (QED) is 0.192. The molecule has 1 aromatic heterocycles. The summed E-state index contributed by atoms with van der Waals surface area (Å²) in [5.41, 5.74) is 1.50. The maximum absolute atomic E-state index is 15.3. The highest BCUT2D eigenvalue weighted by atomic mass is 19.1. The Balaban J connectivity index is 1.38. The Hall–Kier alpha value is -2.30. The van der Waals surface area contributed by atoms with E-state index in [9.17, 15) is 9.90 Å². The van der Waals surface area contributed by atoms with Crippen molar-refractivity contribution in [3.05, 3.63) is 47.8 Å². The number of carboxylic acids is 1. The number of hydrogen-bond donors (Lipinski definition) is 1. The number of carboxylic acid groups (broad SMARTS) is 1. The van der Waals surface area contributed by atoms with Gasteiger partial charge in [0.25, 0.3) is 0 Å². The van der Waals surface area contributed by atoms with Gasteiger partial charge in [-0.1, -0.05) is 102 Å². The van der Waals surface area contributed by atoms with E-state index >= 15 is 4.39 Å². The molecule has 0 radical (unpaired) electrons. The van der Waals surface area contributed by atoms with Gasteiger partial charge in [-0.3, -0.25) is 0 Å². The number of rotatable bonds is 18. The minimum absolute atomic E-state index is 0.145. The van der Waals surface area contributed by atoms with Crippen LogP contribution in [0.25, 0.3) is 11.4 Å². The fraction of sp³-hybridized carbons (Fsp3) is 0.676. The van der Waals surface area contributed by atoms with E-state index in [1.807, 2.05) is 19.3 Å². The summed E-state index contributed by atoms with van der Waals surface area (Å²) in [4.78, 5) is 20.9. The molecule has 1 aliphatic carbocycles. The monoisotopic (exact) mass is 538 g/mol. The minimum Gasteiger partial charge on any atom is -0.479 e. The summed E-state index contributed by atoms with van der Waals surface area (Å²) in [6, 6.07) is 8.55. The van der Waals surface area contributed by atoms with E-state index in [1.54, 1.807) is 0 Å². The zero-order chi connectivity index (χ0) is 27.9. The standard InChI is InChI=1S/C34H51FN2O2/c1-3-5-7-8-9-10-11-12-13-29-25-36-32(37-26-29)30-20-16-27(17-21-30)14-15-28-18-22-31(23-19-28)34(35,33(38)39)24-6-4-2/h16-17,20-21,25-26,28,31H,3-15,18-19,22-24H2,1-2H3,(H,38,39)/t28?,31?,34-/m0/s1. The van der Waals surface area contributed by atoms with Crippen LogP contribution in [0.3, 0.4) is 0 Å². The molecule has 0 saturated heterocycles. The molecule has 0 aliphatic heterocycles. The van der Waals surface area contributed by atoms with Crippen LogP contribution in [-0.4, -0.2) is 26.7 Å². The van der Waals surface area contributed by atoms with Gasteiger partial charge in [-0.05, 0) is 68.4 Å². The second-order valence-electron chi connectivity index (χ2n) is 11.9. The number of aliphatic carboxylic acids is 1. The van der Waals surface area contributed by atoms with E-state index in [1.165, 1.54) is 62.5 Å². The predicted molar refractivity (Wildman–Crippen MR) is 159 cm³/mol. The number of aryl methyl sites for hydroxylation is 2. The summed E-state index contributed by atoms with van der Waals surface area (Å²) in [6.45, 7) is 4.24. The molecule has 2 aromatic rings. The van der Waals surface area contributed by atoms with Crippen LogP contribution < -0.4 is 0 Å². The first-order valence-electron chi connectivity index (χ1n) is 15.8. The maximum atomic E-state index is 15.3. The van der Waals surface area contributed by atoms with Crippen LogP contribution in [0.1, 0.15) is 128 Å². The predicted octanol–water partition coefficient (Wildman–Crippen LogP) is 9.55.